The number of nitrogens with zero attached hydrogens (tertiary/aromatic N) is 2. The van der Waals surface area contributed by atoms with Gasteiger partial charge in [-0.05, 0) is 87.2 Å². The number of fused-ring (bicyclic) bond motifs is 3. The molecule has 3 nitrogen and oxygen atoms in total. The van der Waals surface area contributed by atoms with E-state index in [1.807, 2.05) is 44.2 Å². The first-order valence-corrected chi connectivity index (χ1v) is 11.2. The van der Waals surface area contributed by atoms with Crippen molar-refractivity contribution >= 4 is 22.4 Å². The normalized spacial score (nSPS) is 40.9. The topological polar surface area (TPSA) is 23.6 Å². The Morgan fingerprint density at radius 3 is 2.28 bits per heavy atom. The summed E-state index contributed by atoms with van der Waals surface area (Å²) in [5.41, 5.74) is 1.02. The lowest BCUT2D eigenvalue weighted by Crippen LogP contribution is -2.79. The van der Waals surface area contributed by atoms with Gasteiger partial charge in [-0.2, -0.15) is 0 Å². The molecule has 4 aliphatic carbocycles. The van der Waals surface area contributed by atoms with Gasteiger partial charge in [0, 0.05) is 10.8 Å². The minimum atomic E-state index is -0.588. The van der Waals surface area contributed by atoms with Crippen molar-refractivity contribution in [2.24, 2.45) is 29.1 Å². The first kappa shape index (κ1) is 16.7. The van der Waals surface area contributed by atoms with E-state index < -0.39 is 5.54 Å². The van der Waals surface area contributed by atoms with Crippen molar-refractivity contribution in [3.05, 3.63) is 42.2 Å². The molecule has 1 heterocycles. The molecule has 2 aromatic carbocycles. The molecule has 4 unspecified atom stereocenters. The fourth-order valence-corrected chi connectivity index (χ4v) is 8.38. The number of benzene rings is 2. The van der Waals surface area contributed by atoms with Crippen LogP contribution in [0.2, 0.25) is 0 Å². The number of rotatable bonds is 2. The number of amides is 1. The van der Waals surface area contributed by atoms with Crippen molar-refractivity contribution in [1.29, 1.82) is 0 Å². The third-order valence-electron chi connectivity index (χ3n) is 9.45. The van der Waals surface area contributed by atoms with Gasteiger partial charge in [0.15, 0.2) is 0 Å². The number of hydrogen-bond donors (Lipinski definition) is 0. The highest BCUT2D eigenvalue weighted by Crippen LogP contribution is 2.76. The van der Waals surface area contributed by atoms with Gasteiger partial charge in [0.1, 0.15) is 11.4 Å². The second kappa shape index (κ2) is 4.96. The summed E-state index contributed by atoms with van der Waals surface area (Å²) in [6.45, 7) is 4.02. The van der Waals surface area contributed by atoms with Gasteiger partial charge >= 0.3 is 0 Å². The minimum Gasteiger partial charge on any atom is -0.270 e. The van der Waals surface area contributed by atoms with Crippen LogP contribution in [0.3, 0.4) is 0 Å². The Kier molecular flexibility index (Phi) is 2.85. The number of hydrazine groups is 1. The molecule has 4 atom stereocenters. The Bertz CT molecular complexity index is 1050. The molecule has 1 aliphatic heterocycles. The van der Waals surface area contributed by atoms with Gasteiger partial charge in [-0.25, -0.2) is 9.40 Å². The Morgan fingerprint density at radius 1 is 0.931 bits per heavy atom. The highest BCUT2D eigenvalue weighted by Gasteiger charge is 2.72. The van der Waals surface area contributed by atoms with Crippen LogP contribution in [-0.2, 0) is 4.79 Å². The highest BCUT2D eigenvalue weighted by atomic mass is 19.1. The molecule has 0 radical (unpaired) electrons. The van der Waals surface area contributed by atoms with Crippen LogP contribution >= 0.6 is 0 Å². The Morgan fingerprint density at radius 2 is 1.59 bits per heavy atom. The highest BCUT2D eigenvalue weighted by molar-refractivity contribution is 6.03. The van der Waals surface area contributed by atoms with Crippen molar-refractivity contribution in [2.45, 2.75) is 57.5 Å². The SMILES string of the molecule is CC1(C)C(=O)N(C2C3CC4CC5CC2CC45C3)N1c1ccc(F)c2ccccc12. The standard InChI is InChI=1S/C25H27FN2O/c1-24(2)23(29)27(22-14-9-16-11-17-10-15(22)13-25(16,17)12-14)28(24)21-8-7-20(26)18-5-3-4-6-19(18)21/h3-8,14-17,22H,9-13H2,1-2H3. The molecule has 0 N–H and O–H groups in total. The number of carbonyl (C=O) groups excluding carboxylic acids is 1. The minimum absolute atomic E-state index is 0.199. The third kappa shape index (κ3) is 1.75. The van der Waals surface area contributed by atoms with E-state index in [9.17, 15) is 9.18 Å². The summed E-state index contributed by atoms with van der Waals surface area (Å²) >= 11 is 0. The van der Waals surface area contributed by atoms with Crippen LogP contribution < -0.4 is 5.01 Å². The van der Waals surface area contributed by atoms with E-state index in [1.54, 1.807) is 6.07 Å². The second-order valence-electron chi connectivity index (χ2n) is 10.9. The van der Waals surface area contributed by atoms with Crippen LogP contribution in [0.15, 0.2) is 36.4 Å². The molecule has 4 heteroatoms. The Balaban J connectivity index is 1.35. The van der Waals surface area contributed by atoms with Crippen LogP contribution in [-0.4, -0.2) is 22.5 Å². The fourth-order valence-electron chi connectivity index (χ4n) is 8.38. The maximum atomic E-state index is 14.5. The summed E-state index contributed by atoms with van der Waals surface area (Å²) in [4.78, 5) is 13.4. The molecule has 3 bridgehead atoms. The first-order valence-electron chi connectivity index (χ1n) is 11.2. The van der Waals surface area contributed by atoms with E-state index >= 15 is 0 Å². The average molecular weight is 391 g/mol. The molecule has 7 rings (SSSR count). The van der Waals surface area contributed by atoms with Gasteiger partial charge in [0.2, 0.25) is 0 Å². The van der Waals surface area contributed by atoms with Gasteiger partial charge in [-0.1, -0.05) is 24.3 Å². The quantitative estimate of drug-likeness (QED) is 0.708. The molecule has 4 saturated carbocycles. The van der Waals surface area contributed by atoms with Crippen molar-refractivity contribution < 1.29 is 9.18 Å². The summed E-state index contributed by atoms with van der Waals surface area (Å²) in [5, 5.41) is 5.83. The van der Waals surface area contributed by atoms with E-state index in [0.717, 1.165) is 22.9 Å². The molecule has 1 amide bonds. The Hall–Kier alpha value is -2.10. The van der Waals surface area contributed by atoms with Gasteiger partial charge in [-0.3, -0.25) is 9.80 Å². The van der Waals surface area contributed by atoms with E-state index in [-0.39, 0.29) is 11.7 Å². The van der Waals surface area contributed by atoms with Crippen LogP contribution in [0.4, 0.5) is 10.1 Å². The molecule has 0 aromatic heterocycles. The first-order chi connectivity index (χ1) is 13.9. The molecule has 5 aliphatic rings. The van der Waals surface area contributed by atoms with E-state index in [0.29, 0.717) is 28.7 Å². The van der Waals surface area contributed by atoms with Gasteiger partial charge < -0.3 is 0 Å². The number of carbonyl (C=O) groups is 1. The summed E-state index contributed by atoms with van der Waals surface area (Å²) < 4.78 is 14.5. The van der Waals surface area contributed by atoms with Crippen molar-refractivity contribution in [3.8, 4) is 0 Å². The summed E-state index contributed by atoms with van der Waals surface area (Å²) in [6.07, 6.45) is 6.70. The molecule has 150 valence electrons. The predicted molar refractivity (Wildman–Crippen MR) is 111 cm³/mol. The smallest absolute Gasteiger partial charge is 0.268 e. The van der Waals surface area contributed by atoms with Crippen molar-refractivity contribution in [3.63, 3.8) is 0 Å². The molecule has 29 heavy (non-hydrogen) atoms. The zero-order valence-corrected chi connectivity index (χ0v) is 17.1. The van der Waals surface area contributed by atoms with Crippen LogP contribution in [0.5, 0.6) is 0 Å². The summed E-state index contributed by atoms with van der Waals surface area (Å²) in [7, 11) is 0. The number of anilines is 1. The van der Waals surface area contributed by atoms with Crippen molar-refractivity contribution in [2.75, 3.05) is 5.01 Å². The molecular formula is C25H27FN2O. The summed E-state index contributed by atoms with van der Waals surface area (Å²) in [5.74, 6) is 3.14. The zero-order chi connectivity index (χ0) is 19.7. The van der Waals surface area contributed by atoms with Crippen LogP contribution in [0.25, 0.3) is 10.8 Å². The molecule has 1 saturated heterocycles. The largest absolute Gasteiger partial charge is 0.270 e. The maximum Gasteiger partial charge on any atom is 0.268 e. The van der Waals surface area contributed by atoms with Gasteiger partial charge in [0.05, 0.1) is 11.7 Å². The Labute approximate surface area is 170 Å². The van der Waals surface area contributed by atoms with Gasteiger partial charge in [-0.15, -0.1) is 0 Å². The van der Waals surface area contributed by atoms with Crippen molar-refractivity contribution in [1.82, 2.24) is 5.01 Å². The third-order valence-corrected chi connectivity index (χ3v) is 9.45. The lowest BCUT2D eigenvalue weighted by atomic mass is 9.56. The monoisotopic (exact) mass is 390 g/mol. The van der Waals surface area contributed by atoms with Crippen LogP contribution in [0.1, 0.15) is 46.0 Å². The van der Waals surface area contributed by atoms with E-state index in [2.05, 4.69) is 10.0 Å². The molecule has 1 spiro atoms. The van der Waals surface area contributed by atoms with E-state index in [4.69, 9.17) is 0 Å². The molecule has 2 aromatic rings. The summed E-state index contributed by atoms with van der Waals surface area (Å²) in [6, 6.07) is 11.4. The average Bonchev–Trinajstić information content (AvgIpc) is 3.08. The second-order valence-corrected chi connectivity index (χ2v) is 10.9. The lowest BCUT2D eigenvalue weighted by molar-refractivity contribution is -0.161. The lowest BCUT2D eigenvalue weighted by Gasteiger charge is -2.62. The van der Waals surface area contributed by atoms with Gasteiger partial charge in [0.25, 0.3) is 5.91 Å². The maximum absolute atomic E-state index is 14.5. The predicted octanol–water partition coefficient (Wildman–Crippen LogP) is 5.15. The fraction of sp³-hybridized carbons (Fsp3) is 0.560. The molecular weight excluding hydrogens is 363 g/mol. The van der Waals surface area contributed by atoms with Crippen LogP contribution in [0, 0.1) is 34.9 Å². The zero-order valence-electron chi connectivity index (χ0n) is 17.1. The molecule has 5 fully saturated rings. The number of hydrogen-bond acceptors (Lipinski definition) is 2. The van der Waals surface area contributed by atoms with E-state index in [1.165, 1.54) is 32.1 Å². The number of halogens is 1.